The third kappa shape index (κ3) is 3.40. The van der Waals surface area contributed by atoms with E-state index < -0.39 is 5.97 Å². The number of benzene rings is 1. The van der Waals surface area contributed by atoms with E-state index >= 15 is 0 Å². The molecule has 1 aromatic heterocycles. The summed E-state index contributed by atoms with van der Waals surface area (Å²) < 4.78 is 10.8. The first-order chi connectivity index (χ1) is 11.1. The number of carboxylic acid groups (broad SMARTS) is 1. The molecule has 1 aromatic carbocycles. The molecule has 2 atom stereocenters. The van der Waals surface area contributed by atoms with Gasteiger partial charge in [0, 0.05) is 20.2 Å². The number of likely N-dealkylation sites (tertiary alicyclic amines) is 1. The van der Waals surface area contributed by atoms with Crippen molar-refractivity contribution in [3.63, 3.8) is 0 Å². The van der Waals surface area contributed by atoms with Gasteiger partial charge in [-0.15, -0.1) is 0 Å². The fraction of sp³-hybridized carbons (Fsp3) is 0.438. The molecule has 1 fully saturated rings. The average molecular weight is 317 g/mol. The highest BCUT2D eigenvalue weighted by Gasteiger charge is 2.36. The van der Waals surface area contributed by atoms with Crippen LogP contribution < -0.4 is 0 Å². The van der Waals surface area contributed by atoms with Crippen molar-refractivity contribution < 1.29 is 19.2 Å². The topological polar surface area (TPSA) is 88.7 Å². The molecule has 1 aliphatic heterocycles. The molecule has 0 radical (unpaired) electrons. The average Bonchev–Trinajstić information content (AvgIpc) is 3.13. The first kappa shape index (κ1) is 15.6. The zero-order chi connectivity index (χ0) is 16.4. The third-order valence-electron chi connectivity index (χ3n) is 4.09. The molecule has 0 bridgehead atoms. The van der Waals surface area contributed by atoms with E-state index in [1.165, 1.54) is 0 Å². The number of rotatable bonds is 5. The number of nitrogens with zero attached hydrogens (tertiary/aromatic N) is 3. The van der Waals surface area contributed by atoms with Crippen molar-refractivity contribution >= 4 is 5.97 Å². The lowest BCUT2D eigenvalue weighted by Crippen LogP contribution is -2.25. The van der Waals surface area contributed by atoms with Crippen LogP contribution in [0.3, 0.4) is 0 Å². The maximum atomic E-state index is 11.1. The number of ether oxygens (including phenoxy) is 1. The largest absolute Gasteiger partial charge is 0.478 e. The molecular weight excluding hydrogens is 298 g/mol. The van der Waals surface area contributed by atoms with Gasteiger partial charge in [-0.05, 0) is 31.0 Å². The maximum absolute atomic E-state index is 11.1. The van der Waals surface area contributed by atoms with Gasteiger partial charge in [-0.25, -0.2) is 4.79 Å². The molecule has 0 amide bonds. The third-order valence-corrected chi connectivity index (χ3v) is 4.09. The van der Waals surface area contributed by atoms with Crippen molar-refractivity contribution in [1.82, 2.24) is 15.0 Å². The number of aryl methyl sites for hydroxylation is 1. The Morgan fingerprint density at radius 3 is 3.00 bits per heavy atom. The van der Waals surface area contributed by atoms with Gasteiger partial charge >= 0.3 is 5.97 Å². The molecule has 2 unspecified atom stereocenters. The molecule has 0 aliphatic carbocycles. The normalized spacial score (nSPS) is 21.7. The van der Waals surface area contributed by atoms with Gasteiger partial charge in [0.25, 0.3) is 0 Å². The zero-order valence-corrected chi connectivity index (χ0v) is 13.1. The molecule has 1 N–H and O–H groups in total. The van der Waals surface area contributed by atoms with Crippen LogP contribution in [-0.2, 0) is 11.3 Å². The molecule has 0 spiro atoms. The van der Waals surface area contributed by atoms with E-state index in [1.54, 1.807) is 32.2 Å². The minimum atomic E-state index is -0.924. The predicted molar refractivity (Wildman–Crippen MR) is 81.0 cm³/mol. The molecule has 2 heterocycles. The van der Waals surface area contributed by atoms with Crippen LogP contribution in [0.5, 0.6) is 0 Å². The van der Waals surface area contributed by atoms with Crippen LogP contribution in [0.25, 0.3) is 0 Å². The second kappa shape index (κ2) is 6.47. The molecule has 7 nitrogen and oxygen atoms in total. The van der Waals surface area contributed by atoms with Gasteiger partial charge in [-0.1, -0.05) is 17.3 Å². The highest BCUT2D eigenvalue weighted by atomic mass is 16.5. The maximum Gasteiger partial charge on any atom is 0.335 e. The van der Waals surface area contributed by atoms with Gasteiger partial charge in [0.05, 0.1) is 17.7 Å². The lowest BCUT2D eigenvalue weighted by molar-refractivity contribution is 0.0696. The molecule has 1 saturated heterocycles. The van der Waals surface area contributed by atoms with Crippen LogP contribution in [0.4, 0.5) is 0 Å². The quantitative estimate of drug-likeness (QED) is 0.902. The van der Waals surface area contributed by atoms with Crippen molar-refractivity contribution in [1.29, 1.82) is 0 Å². The van der Waals surface area contributed by atoms with Gasteiger partial charge in [0.1, 0.15) is 0 Å². The van der Waals surface area contributed by atoms with Gasteiger partial charge in [0.15, 0.2) is 5.82 Å². The van der Waals surface area contributed by atoms with Crippen LogP contribution in [0.1, 0.15) is 40.1 Å². The van der Waals surface area contributed by atoms with E-state index in [0.717, 1.165) is 18.5 Å². The summed E-state index contributed by atoms with van der Waals surface area (Å²) in [5.74, 6) is 0.261. The monoisotopic (exact) mass is 317 g/mol. The first-order valence-corrected chi connectivity index (χ1v) is 7.46. The Morgan fingerprint density at radius 2 is 2.35 bits per heavy atom. The van der Waals surface area contributed by atoms with E-state index in [4.69, 9.17) is 14.4 Å². The van der Waals surface area contributed by atoms with Crippen LogP contribution in [0, 0.1) is 6.92 Å². The van der Waals surface area contributed by atoms with E-state index in [-0.39, 0.29) is 17.7 Å². The summed E-state index contributed by atoms with van der Waals surface area (Å²) in [6.07, 6.45) is 0.867. The van der Waals surface area contributed by atoms with Crippen molar-refractivity contribution in [2.75, 3.05) is 13.7 Å². The first-order valence-electron chi connectivity index (χ1n) is 7.46. The number of methoxy groups -OCH3 is 1. The van der Waals surface area contributed by atoms with Crippen LogP contribution in [-0.4, -0.2) is 45.9 Å². The highest BCUT2D eigenvalue weighted by molar-refractivity contribution is 5.87. The Hall–Kier alpha value is -2.25. The second-order valence-electron chi connectivity index (χ2n) is 5.72. The van der Waals surface area contributed by atoms with Crippen molar-refractivity contribution in [3.05, 3.63) is 47.1 Å². The summed E-state index contributed by atoms with van der Waals surface area (Å²) in [7, 11) is 1.69. The van der Waals surface area contributed by atoms with E-state index in [0.29, 0.717) is 18.3 Å². The summed E-state index contributed by atoms with van der Waals surface area (Å²) in [6, 6.07) is 6.94. The molecule has 3 rings (SSSR count). The Kier molecular flexibility index (Phi) is 4.40. The van der Waals surface area contributed by atoms with E-state index in [2.05, 4.69) is 15.0 Å². The van der Waals surface area contributed by atoms with Gasteiger partial charge in [-0.2, -0.15) is 4.98 Å². The predicted octanol–water partition coefficient (Wildman–Crippen LogP) is 2.04. The lowest BCUT2D eigenvalue weighted by atomic mass is 10.1. The summed E-state index contributed by atoms with van der Waals surface area (Å²) in [6.45, 7) is 3.13. The SMILES string of the molecule is COC1CC(c2nc(C)no2)N(Cc2cccc(C(=O)O)c2)C1. The molecule has 122 valence electrons. The Labute approximate surface area is 133 Å². The molecule has 23 heavy (non-hydrogen) atoms. The number of aromatic carboxylic acids is 1. The van der Waals surface area contributed by atoms with Gasteiger partial charge < -0.3 is 14.4 Å². The van der Waals surface area contributed by atoms with Crippen LogP contribution in [0.15, 0.2) is 28.8 Å². The highest BCUT2D eigenvalue weighted by Crippen LogP contribution is 2.33. The molecule has 1 aliphatic rings. The summed E-state index contributed by atoms with van der Waals surface area (Å²) in [5.41, 5.74) is 1.22. The van der Waals surface area contributed by atoms with Crippen molar-refractivity contribution in [3.8, 4) is 0 Å². The summed E-state index contributed by atoms with van der Waals surface area (Å²) >= 11 is 0. The smallest absolute Gasteiger partial charge is 0.335 e. The fourth-order valence-electron chi connectivity index (χ4n) is 2.95. The lowest BCUT2D eigenvalue weighted by Gasteiger charge is -2.21. The number of carboxylic acids is 1. The number of aromatic nitrogens is 2. The number of carbonyl (C=O) groups is 1. The van der Waals surface area contributed by atoms with Crippen LogP contribution >= 0.6 is 0 Å². The zero-order valence-electron chi connectivity index (χ0n) is 13.1. The molecule has 7 heteroatoms. The van der Waals surface area contributed by atoms with Gasteiger partial charge in [-0.3, -0.25) is 4.90 Å². The molecule has 2 aromatic rings. The Balaban J connectivity index is 1.81. The van der Waals surface area contributed by atoms with E-state index in [1.807, 2.05) is 6.07 Å². The van der Waals surface area contributed by atoms with E-state index in [9.17, 15) is 4.79 Å². The summed E-state index contributed by atoms with van der Waals surface area (Å²) in [5, 5.41) is 13.0. The fourth-order valence-corrected chi connectivity index (χ4v) is 2.95. The minimum absolute atomic E-state index is 0.0189. The Bertz CT molecular complexity index is 700. The standard InChI is InChI=1S/C16H19N3O4/c1-10-17-15(23-18-10)14-7-13(22-2)9-19(14)8-11-4-3-5-12(6-11)16(20)21/h3-6,13-14H,7-9H2,1-2H3,(H,20,21). The number of hydrogen-bond donors (Lipinski definition) is 1. The number of hydrogen-bond acceptors (Lipinski definition) is 6. The van der Waals surface area contributed by atoms with Crippen LogP contribution in [0.2, 0.25) is 0 Å². The summed E-state index contributed by atoms with van der Waals surface area (Å²) in [4.78, 5) is 17.6. The Morgan fingerprint density at radius 1 is 1.52 bits per heavy atom. The van der Waals surface area contributed by atoms with Gasteiger partial charge in [0.2, 0.25) is 5.89 Å². The second-order valence-corrected chi connectivity index (χ2v) is 5.72. The minimum Gasteiger partial charge on any atom is -0.478 e. The van der Waals surface area contributed by atoms with Crippen molar-refractivity contribution in [2.45, 2.75) is 32.0 Å². The van der Waals surface area contributed by atoms with Crippen molar-refractivity contribution in [2.24, 2.45) is 0 Å². The molecule has 0 saturated carbocycles. The molecular formula is C16H19N3O4.